The van der Waals surface area contributed by atoms with Crippen LogP contribution in [0.3, 0.4) is 0 Å². The Hall–Kier alpha value is -0.630. The Balaban J connectivity index is 2.26. The van der Waals surface area contributed by atoms with Crippen molar-refractivity contribution in [3.8, 4) is 0 Å². The van der Waals surface area contributed by atoms with Crippen molar-refractivity contribution in [2.75, 3.05) is 5.88 Å². The van der Waals surface area contributed by atoms with Gasteiger partial charge in [0.15, 0.2) is 5.78 Å². The van der Waals surface area contributed by atoms with Crippen molar-refractivity contribution >= 4 is 23.2 Å². The van der Waals surface area contributed by atoms with Crippen LogP contribution in [-0.4, -0.2) is 17.4 Å². The maximum absolute atomic E-state index is 12.9. The molecule has 0 aromatic carbocycles. The van der Waals surface area contributed by atoms with Crippen LogP contribution in [-0.2, 0) is 9.59 Å². The normalized spacial score (nSPS) is 33.3. The van der Waals surface area contributed by atoms with Crippen molar-refractivity contribution in [3.63, 3.8) is 0 Å². The van der Waals surface area contributed by atoms with Crippen LogP contribution in [0.5, 0.6) is 0 Å². The second-order valence-electron chi connectivity index (χ2n) is 6.63. The van der Waals surface area contributed by atoms with Gasteiger partial charge in [0.25, 0.3) is 0 Å². The van der Waals surface area contributed by atoms with E-state index in [1.807, 2.05) is 13.8 Å². The molecule has 2 rings (SSSR count). The highest BCUT2D eigenvalue weighted by atomic mass is 35.5. The van der Waals surface area contributed by atoms with E-state index < -0.39 is 0 Å². The molecule has 0 heterocycles. The SMILES string of the molecule is CCC1=C2C(=O)C(CCCCCl)CCC2C(C)C(=O)C1C. The van der Waals surface area contributed by atoms with Gasteiger partial charge in [-0.2, -0.15) is 0 Å². The summed E-state index contributed by atoms with van der Waals surface area (Å²) in [7, 11) is 0. The molecule has 1 fully saturated rings. The van der Waals surface area contributed by atoms with Gasteiger partial charge in [-0.1, -0.05) is 32.8 Å². The summed E-state index contributed by atoms with van der Waals surface area (Å²) in [6.07, 6.45) is 5.73. The smallest absolute Gasteiger partial charge is 0.162 e. The van der Waals surface area contributed by atoms with Crippen LogP contribution >= 0.6 is 11.6 Å². The third kappa shape index (κ3) is 3.11. The first-order valence-electron chi connectivity index (χ1n) is 8.39. The maximum Gasteiger partial charge on any atom is 0.162 e. The average molecular weight is 311 g/mol. The lowest BCUT2D eigenvalue weighted by Crippen LogP contribution is -2.41. The molecule has 0 aromatic heterocycles. The van der Waals surface area contributed by atoms with E-state index in [0.717, 1.165) is 49.7 Å². The molecule has 0 spiro atoms. The summed E-state index contributed by atoms with van der Waals surface area (Å²) < 4.78 is 0. The molecule has 4 atom stereocenters. The van der Waals surface area contributed by atoms with E-state index in [2.05, 4.69) is 6.92 Å². The predicted octanol–water partition coefficient (Wildman–Crippen LogP) is 4.55. The van der Waals surface area contributed by atoms with Gasteiger partial charge in [0.2, 0.25) is 0 Å². The fraction of sp³-hybridized carbons (Fsp3) is 0.778. The fourth-order valence-electron chi connectivity index (χ4n) is 4.21. The van der Waals surface area contributed by atoms with Crippen molar-refractivity contribution in [1.82, 2.24) is 0 Å². The molecule has 1 saturated carbocycles. The second kappa shape index (κ2) is 7.09. The number of ketones is 2. The van der Waals surface area contributed by atoms with Crippen LogP contribution in [0.15, 0.2) is 11.1 Å². The molecule has 0 bridgehead atoms. The molecule has 0 aliphatic heterocycles. The number of allylic oxidation sites excluding steroid dienone is 2. The number of carbonyl (C=O) groups is 2. The highest BCUT2D eigenvalue weighted by Gasteiger charge is 2.44. The summed E-state index contributed by atoms with van der Waals surface area (Å²) in [6, 6.07) is 0. The minimum absolute atomic E-state index is 0.0121. The van der Waals surface area contributed by atoms with Crippen LogP contribution in [0, 0.1) is 23.7 Å². The lowest BCUT2D eigenvalue weighted by atomic mass is 9.62. The minimum Gasteiger partial charge on any atom is -0.299 e. The molecule has 21 heavy (non-hydrogen) atoms. The van der Waals surface area contributed by atoms with Gasteiger partial charge in [0.1, 0.15) is 5.78 Å². The van der Waals surface area contributed by atoms with Crippen molar-refractivity contribution in [1.29, 1.82) is 0 Å². The number of Topliss-reactive ketones (excluding diaryl/α,β-unsaturated/α-hetero) is 2. The standard InChI is InChI=1S/C18H27ClO2/c1-4-14-11(2)17(20)12(3)15-9-8-13(7-5-6-10-19)18(21)16(14)15/h11-13,15H,4-10H2,1-3H3. The molecule has 2 nitrogen and oxygen atoms in total. The van der Waals surface area contributed by atoms with Gasteiger partial charge in [-0.05, 0) is 43.6 Å². The molecule has 3 heteroatoms. The first kappa shape index (κ1) is 16.7. The Kier molecular flexibility index (Phi) is 5.65. The van der Waals surface area contributed by atoms with Gasteiger partial charge in [0, 0.05) is 23.6 Å². The van der Waals surface area contributed by atoms with Gasteiger partial charge in [-0.3, -0.25) is 9.59 Å². The van der Waals surface area contributed by atoms with Crippen LogP contribution < -0.4 is 0 Å². The van der Waals surface area contributed by atoms with Crippen molar-refractivity contribution < 1.29 is 9.59 Å². The Morgan fingerprint density at radius 2 is 1.86 bits per heavy atom. The molecule has 0 amide bonds. The Morgan fingerprint density at radius 1 is 1.14 bits per heavy atom. The lowest BCUT2D eigenvalue weighted by molar-refractivity contribution is -0.129. The summed E-state index contributed by atoms with van der Waals surface area (Å²) in [4.78, 5) is 25.3. The van der Waals surface area contributed by atoms with E-state index in [0.29, 0.717) is 17.4 Å². The Bertz CT molecular complexity index is 452. The predicted molar refractivity (Wildman–Crippen MR) is 86.4 cm³/mol. The number of fused-ring (bicyclic) bond motifs is 1. The largest absolute Gasteiger partial charge is 0.299 e. The summed E-state index contributed by atoms with van der Waals surface area (Å²) in [5.74, 6) is 1.63. The first-order valence-corrected chi connectivity index (χ1v) is 8.93. The molecule has 2 aliphatic carbocycles. The van der Waals surface area contributed by atoms with E-state index in [1.165, 1.54) is 0 Å². The number of hydrogen-bond acceptors (Lipinski definition) is 2. The molecule has 118 valence electrons. The molecule has 0 saturated heterocycles. The number of carbonyl (C=O) groups excluding carboxylic acids is 2. The zero-order chi connectivity index (χ0) is 15.6. The number of rotatable bonds is 5. The highest BCUT2D eigenvalue weighted by Crippen LogP contribution is 2.45. The van der Waals surface area contributed by atoms with Gasteiger partial charge in [-0.25, -0.2) is 0 Å². The number of hydrogen-bond donors (Lipinski definition) is 0. The van der Waals surface area contributed by atoms with E-state index in [-0.39, 0.29) is 23.7 Å². The number of halogens is 1. The highest BCUT2D eigenvalue weighted by molar-refractivity contribution is 6.17. The van der Waals surface area contributed by atoms with Gasteiger partial charge in [-0.15, -0.1) is 11.6 Å². The van der Waals surface area contributed by atoms with E-state index in [4.69, 9.17) is 11.6 Å². The zero-order valence-corrected chi connectivity index (χ0v) is 14.2. The summed E-state index contributed by atoms with van der Waals surface area (Å²) >= 11 is 5.73. The molecule has 0 radical (unpaired) electrons. The Labute approximate surface area is 133 Å². The molecule has 0 aromatic rings. The summed E-state index contributed by atoms with van der Waals surface area (Å²) in [6.45, 7) is 6.06. The van der Waals surface area contributed by atoms with Crippen LogP contribution in [0.4, 0.5) is 0 Å². The van der Waals surface area contributed by atoms with Crippen LogP contribution in [0.1, 0.15) is 59.3 Å². The van der Waals surface area contributed by atoms with Crippen LogP contribution in [0.2, 0.25) is 0 Å². The maximum atomic E-state index is 12.9. The molecular formula is C18H27ClO2. The van der Waals surface area contributed by atoms with Crippen molar-refractivity contribution in [2.45, 2.75) is 59.3 Å². The first-order chi connectivity index (χ1) is 10.0. The Morgan fingerprint density at radius 3 is 2.48 bits per heavy atom. The van der Waals surface area contributed by atoms with Crippen LogP contribution in [0.25, 0.3) is 0 Å². The van der Waals surface area contributed by atoms with E-state index in [1.54, 1.807) is 0 Å². The summed E-state index contributed by atoms with van der Waals surface area (Å²) in [5, 5.41) is 0. The molecule has 2 aliphatic rings. The van der Waals surface area contributed by atoms with Gasteiger partial charge < -0.3 is 0 Å². The number of unbranched alkanes of at least 4 members (excludes halogenated alkanes) is 1. The lowest BCUT2D eigenvalue weighted by Gasteiger charge is -2.40. The third-order valence-corrected chi connectivity index (χ3v) is 5.77. The third-order valence-electron chi connectivity index (χ3n) is 5.50. The molecule has 0 N–H and O–H groups in total. The zero-order valence-electron chi connectivity index (χ0n) is 13.5. The van der Waals surface area contributed by atoms with Crippen molar-refractivity contribution in [2.24, 2.45) is 23.7 Å². The summed E-state index contributed by atoms with van der Waals surface area (Å²) in [5.41, 5.74) is 2.15. The topological polar surface area (TPSA) is 34.1 Å². The average Bonchev–Trinajstić information content (AvgIpc) is 2.48. The monoisotopic (exact) mass is 310 g/mol. The van der Waals surface area contributed by atoms with E-state index in [9.17, 15) is 9.59 Å². The molecule has 4 unspecified atom stereocenters. The molecular weight excluding hydrogens is 284 g/mol. The van der Waals surface area contributed by atoms with Gasteiger partial charge >= 0.3 is 0 Å². The fourth-order valence-corrected chi connectivity index (χ4v) is 4.40. The number of alkyl halides is 1. The quantitative estimate of drug-likeness (QED) is 0.551. The van der Waals surface area contributed by atoms with Crippen molar-refractivity contribution in [3.05, 3.63) is 11.1 Å². The van der Waals surface area contributed by atoms with E-state index >= 15 is 0 Å². The minimum atomic E-state index is -0.0678. The second-order valence-corrected chi connectivity index (χ2v) is 7.01. The van der Waals surface area contributed by atoms with Gasteiger partial charge in [0.05, 0.1) is 0 Å².